The number of amides is 4. The Hall–Kier alpha value is -1.99. The average Bonchev–Trinajstić information content (AvgIpc) is 2.94. The van der Waals surface area contributed by atoms with Crippen LogP contribution < -0.4 is 16.0 Å². The van der Waals surface area contributed by atoms with E-state index in [0.29, 0.717) is 23.7 Å². The summed E-state index contributed by atoms with van der Waals surface area (Å²) in [6, 6.07) is 3.07. The molecule has 0 spiro atoms. The first-order valence-electron chi connectivity index (χ1n) is 7.49. The van der Waals surface area contributed by atoms with Crippen molar-refractivity contribution in [1.29, 1.82) is 0 Å². The lowest BCUT2D eigenvalue weighted by Crippen LogP contribution is -2.60. The van der Waals surface area contributed by atoms with E-state index in [9.17, 15) is 14.4 Å². The quantitative estimate of drug-likeness (QED) is 0.738. The summed E-state index contributed by atoms with van der Waals surface area (Å²) in [6.07, 6.45) is 0.376. The van der Waals surface area contributed by atoms with Crippen LogP contribution in [0.3, 0.4) is 0 Å². The molecule has 0 aliphatic carbocycles. The van der Waals surface area contributed by atoms with E-state index in [0.717, 1.165) is 0 Å². The summed E-state index contributed by atoms with van der Waals surface area (Å²) in [5, 5.41) is 8.61. The molecule has 1 aromatic rings. The Morgan fingerprint density at radius 1 is 1.33 bits per heavy atom. The van der Waals surface area contributed by atoms with Crippen molar-refractivity contribution in [2.45, 2.75) is 31.5 Å². The third kappa shape index (κ3) is 3.14. The number of fused-ring (bicyclic) bond motifs is 1. The summed E-state index contributed by atoms with van der Waals surface area (Å²) >= 11 is 11.9. The summed E-state index contributed by atoms with van der Waals surface area (Å²) in [5.41, 5.74) is 0.389. The van der Waals surface area contributed by atoms with Crippen LogP contribution in [-0.2, 0) is 9.59 Å². The molecular weight excluding hydrogens is 355 g/mol. The number of anilines is 1. The second-order valence-electron chi connectivity index (χ2n) is 5.87. The van der Waals surface area contributed by atoms with E-state index in [4.69, 9.17) is 23.2 Å². The van der Waals surface area contributed by atoms with E-state index in [2.05, 4.69) is 16.0 Å². The maximum Gasteiger partial charge on any atom is 0.319 e. The molecule has 0 radical (unpaired) electrons. The molecule has 7 nitrogen and oxygen atoms in total. The van der Waals surface area contributed by atoms with E-state index in [1.807, 2.05) is 0 Å². The Morgan fingerprint density at radius 3 is 2.83 bits per heavy atom. The van der Waals surface area contributed by atoms with Gasteiger partial charge in [0, 0.05) is 6.54 Å². The smallest absolute Gasteiger partial charge is 0.319 e. The standard InChI is InChI=1S/C15H16Cl2N4O3/c1-7-14(23)21-6-8(5-11(21)13(22)18-7)19-15(24)20-10-4-2-3-9(16)12(10)17/h2-4,7-8,11H,5-6H2,1H3,(H,18,22)(H2,19,20,24)/t7-,8+,11+/m1/s1. The molecular formula is C15H16Cl2N4O3. The Morgan fingerprint density at radius 2 is 2.08 bits per heavy atom. The van der Waals surface area contributed by atoms with Crippen molar-refractivity contribution >= 4 is 46.7 Å². The van der Waals surface area contributed by atoms with Gasteiger partial charge < -0.3 is 20.9 Å². The summed E-state index contributed by atoms with van der Waals surface area (Å²) in [5.74, 6) is -0.327. The highest BCUT2D eigenvalue weighted by Crippen LogP contribution is 2.29. The van der Waals surface area contributed by atoms with Crippen molar-refractivity contribution in [2.24, 2.45) is 0 Å². The molecule has 2 heterocycles. The van der Waals surface area contributed by atoms with Gasteiger partial charge in [0.15, 0.2) is 0 Å². The first-order valence-corrected chi connectivity index (χ1v) is 8.25. The monoisotopic (exact) mass is 370 g/mol. The van der Waals surface area contributed by atoms with Gasteiger partial charge in [-0.3, -0.25) is 9.59 Å². The molecule has 2 aliphatic heterocycles. The molecule has 3 rings (SSSR count). The van der Waals surface area contributed by atoms with Gasteiger partial charge in [0.2, 0.25) is 11.8 Å². The van der Waals surface area contributed by atoms with Gasteiger partial charge in [-0.25, -0.2) is 4.79 Å². The molecule has 3 N–H and O–H groups in total. The molecule has 9 heteroatoms. The number of benzene rings is 1. The minimum atomic E-state index is -0.536. The van der Waals surface area contributed by atoms with Gasteiger partial charge in [0.05, 0.1) is 21.8 Å². The average molecular weight is 371 g/mol. The lowest BCUT2D eigenvalue weighted by Gasteiger charge is -2.32. The summed E-state index contributed by atoms with van der Waals surface area (Å²) in [4.78, 5) is 37.7. The highest BCUT2D eigenvalue weighted by atomic mass is 35.5. The first-order chi connectivity index (χ1) is 11.4. The molecule has 128 valence electrons. The minimum Gasteiger partial charge on any atom is -0.343 e. The molecule has 2 saturated heterocycles. The van der Waals surface area contributed by atoms with Crippen molar-refractivity contribution in [3.05, 3.63) is 28.2 Å². The second-order valence-corrected chi connectivity index (χ2v) is 6.65. The number of carbonyl (C=O) groups is 3. The van der Waals surface area contributed by atoms with E-state index < -0.39 is 18.1 Å². The topological polar surface area (TPSA) is 90.5 Å². The maximum absolute atomic E-state index is 12.1. The molecule has 1 aromatic carbocycles. The molecule has 0 aromatic heterocycles. The molecule has 2 fully saturated rings. The van der Waals surface area contributed by atoms with Gasteiger partial charge in [-0.2, -0.15) is 0 Å². The van der Waals surface area contributed by atoms with Crippen LogP contribution in [0, 0.1) is 0 Å². The van der Waals surface area contributed by atoms with Gasteiger partial charge in [0.25, 0.3) is 0 Å². The SMILES string of the molecule is C[C@H]1NC(=O)[C@@H]2C[C@H](NC(=O)Nc3cccc(Cl)c3Cl)CN2C1=O. The maximum atomic E-state index is 12.1. The summed E-state index contributed by atoms with van der Waals surface area (Å²) < 4.78 is 0. The Balaban J connectivity index is 1.63. The van der Waals surface area contributed by atoms with Crippen molar-refractivity contribution in [1.82, 2.24) is 15.5 Å². The van der Waals surface area contributed by atoms with Gasteiger partial charge in [-0.15, -0.1) is 0 Å². The first kappa shape index (κ1) is 16.9. The van der Waals surface area contributed by atoms with E-state index in [1.165, 1.54) is 4.90 Å². The van der Waals surface area contributed by atoms with E-state index in [1.54, 1.807) is 25.1 Å². The van der Waals surface area contributed by atoms with Crippen molar-refractivity contribution in [3.8, 4) is 0 Å². The third-order valence-electron chi connectivity index (χ3n) is 4.15. The molecule has 2 aliphatic rings. The predicted molar refractivity (Wildman–Crippen MR) is 90.1 cm³/mol. The fourth-order valence-corrected chi connectivity index (χ4v) is 3.34. The zero-order valence-corrected chi connectivity index (χ0v) is 14.3. The summed E-state index contributed by atoms with van der Waals surface area (Å²) in [7, 11) is 0. The van der Waals surface area contributed by atoms with Crippen LogP contribution >= 0.6 is 23.2 Å². The fraction of sp³-hybridized carbons (Fsp3) is 0.400. The Kier molecular flexibility index (Phi) is 4.56. The van der Waals surface area contributed by atoms with Crippen LogP contribution in [-0.4, -0.2) is 47.4 Å². The van der Waals surface area contributed by atoms with Crippen LogP contribution in [0.5, 0.6) is 0 Å². The molecule has 0 bridgehead atoms. The van der Waals surface area contributed by atoms with E-state index in [-0.39, 0.29) is 22.9 Å². The van der Waals surface area contributed by atoms with Crippen LogP contribution in [0.2, 0.25) is 10.0 Å². The molecule has 24 heavy (non-hydrogen) atoms. The normalized spacial score (nSPS) is 26.0. The number of carbonyl (C=O) groups excluding carboxylic acids is 3. The predicted octanol–water partition coefficient (Wildman–Crippen LogP) is 1.60. The third-order valence-corrected chi connectivity index (χ3v) is 4.97. The molecule has 0 saturated carbocycles. The van der Waals surface area contributed by atoms with Crippen LogP contribution in [0.4, 0.5) is 10.5 Å². The van der Waals surface area contributed by atoms with Crippen LogP contribution in [0.25, 0.3) is 0 Å². The number of halogens is 2. The number of rotatable bonds is 2. The molecule has 0 unspecified atom stereocenters. The highest BCUT2D eigenvalue weighted by molar-refractivity contribution is 6.43. The van der Waals surface area contributed by atoms with Crippen LogP contribution in [0.1, 0.15) is 13.3 Å². The second kappa shape index (κ2) is 6.49. The summed E-state index contributed by atoms with van der Waals surface area (Å²) in [6.45, 7) is 1.95. The Labute approximate surface area is 148 Å². The fourth-order valence-electron chi connectivity index (χ4n) is 3.00. The van der Waals surface area contributed by atoms with Gasteiger partial charge in [0.1, 0.15) is 12.1 Å². The number of hydrogen-bond acceptors (Lipinski definition) is 3. The number of nitrogens with zero attached hydrogens (tertiary/aromatic N) is 1. The van der Waals surface area contributed by atoms with Gasteiger partial charge >= 0.3 is 6.03 Å². The zero-order chi connectivity index (χ0) is 17.4. The largest absolute Gasteiger partial charge is 0.343 e. The van der Waals surface area contributed by atoms with Crippen LogP contribution in [0.15, 0.2) is 18.2 Å². The molecule has 4 amide bonds. The number of piperazine rings is 1. The van der Waals surface area contributed by atoms with Crippen molar-refractivity contribution in [3.63, 3.8) is 0 Å². The van der Waals surface area contributed by atoms with Gasteiger partial charge in [-0.05, 0) is 25.5 Å². The lowest BCUT2D eigenvalue weighted by atomic mass is 10.1. The molecule has 3 atom stereocenters. The Bertz CT molecular complexity index is 712. The minimum absolute atomic E-state index is 0.137. The zero-order valence-electron chi connectivity index (χ0n) is 12.8. The van der Waals surface area contributed by atoms with Crippen molar-refractivity contribution < 1.29 is 14.4 Å². The lowest BCUT2D eigenvalue weighted by molar-refractivity contribution is -0.146. The van der Waals surface area contributed by atoms with Crippen molar-refractivity contribution in [2.75, 3.05) is 11.9 Å². The van der Waals surface area contributed by atoms with Gasteiger partial charge in [-0.1, -0.05) is 29.3 Å². The number of nitrogens with one attached hydrogen (secondary N) is 3. The highest BCUT2D eigenvalue weighted by Gasteiger charge is 2.45. The number of hydrogen-bond donors (Lipinski definition) is 3. The number of urea groups is 1. The van der Waals surface area contributed by atoms with E-state index >= 15 is 0 Å².